The molecule has 2 heterocycles. The molecule has 0 fully saturated rings. The monoisotopic (exact) mass is 274 g/mol. The van der Waals surface area contributed by atoms with Crippen LogP contribution >= 0.6 is 23.5 Å². The van der Waals surface area contributed by atoms with Crippen molar-refractivity contribution in [3.05, 3.63) is 41.9 Å². The summed E-state index contributed by atoms with van der Waals surface area (Å²) in [6.45, 7) is 1.99. The third-order valence-corrected chi connectivity index (χ3v) is 4.33. The molecule has 0 saturated heterocycles. The smallest absolute Gasteiger partial charge is 0.0940 e. The van der Waals surface area contributed by atoms with Crippen LogP contribution < -0.4 is 0 Å². The number of benzene rings is 1. The second-order valence-electron chi connectivity index (χ2n) is 3.81. The van der Waals surface area contributed by atoms with Gasteiger partial charge >= 0.3 is 0 Å². The summed E-state index contributed by atoms with van der Waals surface area (Å²) in [5.74, 6) is 0.817. The van der Waals surface area contributed by atoms with Crippen LogP contribution in [0.5, 0.6) is 0 Å². The lowest BCUT2D eigenvalue weighted by Crippen LogP contribution is -1.88. The molecule has 0 aliphatic rings. The second-order valence-corrected chi connectivity index (χ2v) is 5.36. The molecule has 2 aromatic heterocycles. The van der Waals surface area contributed by atoms with E-state index in [0.717, 1.165) is 32.9 Å². The highest BCUT2D eigenvalue weighted by atomic mass is 32.2. The van der Waals surface area contributed by atoms with Gasteiger partial charge < -0.3 is 0 Å². The van der Waals surface area contributed by atoms with Gasteiger partial charge in [0.2, 0.25) is 0 Å². The van der Waals surface area contributed by atoms with E-state index >= 15 is 0 Å². The standard InChI is InChI=1S/C12H10N4S2/c1-8-11(16-18-15-8)7-17-12-6-13-14-10-5-3-2-4-9(10)12/h2-6H,7H2,1H3. The van der Waals surface area contributed by atoms with Gasteiger partial charge in [0.15, 0.2) is 0 Å². The highest BCUT2D eigenvalue weighted by molar-refractivity contribution is 7.98. The Hall–Kier alpha value is -1.53. The van der Waals surface area contributed by atoms with Crippen LogP contribution in [0.1, 0.15) is 11.4 Å². The number of rotatable bonds is 3. The zero-order valence-electron chi connectivity index (χ0n) is 9.70. The fourth-order valence-electron chi connectivity index (χ4n) is 1.62. The normalized spacial score (nSPS) is 10.9. The molecule has 18 heavy (non-hydrogen) atoms. The van der Waals surface area contributed by atoms with Crippen LogP contribution in [0.3, 0.4) is 0 Å². The Bertz CT molecular complexity index is 675. The van der Waals surface area contributed by atoms with Crippen LogP contribution in [-0.4, -0.2) is 18.9 Å². The number of fused-ring (bicyclic) bond motifs is 1. The Labute approximate surface area is 113 Å². The van der Waals surface area contributed by atoms with Gasteiger partial charge in [-0.05, 0) is 13.0 Å². The van der Waals surface area contributed by atoms with E-state index in [2.05, 4.69) is 25.0 Å². The maximum Gasteiger partial charge on any atom is 0.0940 e. The van der Waals surface area contributed by atoms with Crippen molar-refractivity contribution in [3.63, 3.8) is 0 Å². The first-order chi connectivity index (χ1) is 8.84. The lowest BCUT2D eigenvalue weighted by Gasteiger charge is -2.03. The summed E-state index contributed by atoms with van der Waals surface area (Å²) in [4.78, 5) is 1.13. The van der Waals surface area contributed by atoms with E-state index in [1.165, 1.54) is 11.7 Å². The van der Waals surface area contributed by atoms with Crippen molar-refractivity contribution in [1.82, 2.24) is 18.9 Å². The van der Waals surface area contributed by atoms with Crippen molar-refractivity contribution in [2.24, 2.45) is 0 Å². The van der Waals surface area contributed by atoms with Gasteiger partial charge in [0, 0.05) is 16.0 Å². The SMILES string of the molecule is Cc1nsnc1CSc1cnnc2ccccc12. The van der Waals surface area contributed by atoms with E-state index in [-0.39, 0.29) is 0 Å². The maximum absolute atomic E-state index is 4.28. The van der Waals surface area contributed by atoms with Crippen LogP contribution in [0.25, 0.3) is 10.9 Å². The van der Waals surface area contributed by atoms with Crippen LogP contribution in [0.4, 0.5) is 0 Å². The van der Waals surface area contributed by atoms with Crippen LogP contribution in [0, 0.1) is 6.92 Å². The molecule has 0 saturated carbocycles. The number of aryl methyl sites for hydroxylation is 1. The first-order valence-electron chi connectivity index (χ1n) is 5.46. The Morgan fingerprint density at radius 1 is 1.22 bits per heavy atom. The molecule has 3 rings (SSSR count). The number of aromatic nitrogens is 4. The molecule has 0 radical (unpaired) electrons. The van der Waals surface area contributed by atoms with Gasteiger partial charge in [-0.15, -0.1) is 11.8 Å². The molecule has 4 nitrogen and oxygen atoms in total. The van der Waals surface area contributed by atoms with Gasteiger partial charge in [-0.3, -0.25) is 0 Å². The third-order valence-electron chi connectivity index (χ3n) is 2.62. The van der Waals surface area contributed by atoms with Crippen LogP contribution in [-0.2, 0) is 5.75 Å². The zero-order chi connectivity index (χ0) is 12.4. The average molecular weight is 274 g/mol. The highest BCUT2D eigenvalue weighted by Gasteiger charge is 2.07. The van der Waals surface area contributed by atoms with E-state index in [9.17, 15) is 0 Å². The first kappa shape index (κ1) is 11.6. The fraction of sp³-hybridized carbons (Fsp3) is 0.167. The molecule has 0 aliphatic heterocycles. The van der Waals surface area contributed by atoms with Gasteiger partial charge in [0.25, 0.3) is 0 Å². The minimum atomic E-state index is 0.817. The number of thioether (sulfide) groups is 1. The van der Waals surface area contributed by atoms with Gasteiger partial charge in [-0.1, -0.05) is 18.2 Å². The Morgan fingerprint density at radius 2 is 2.11 bits per heavy atom. The van der Waals surface area contributed by atoms with E-state index in [1.807, 2.05) is 31.3 Å². The molecular weight excluding hydrogens is 264 g/mol. The van der Waals surface area contributed by atoms with Crippen molar-refractivity contribution in [2.45, 2.75) is 17.6 Å². The van der Waals surface area contributed by atoms with E-state index in [4.69, 9.17) is 0 Å². The zero-order valence-corrected chi connectivity index (χ0v) is 11.3. The molecule has 1 aromatic carbocycles. The summed E-state index contributed by atoms with van der Waals surface area (Å²) >= 11 is 2.99. The van der Waals surface area contributed by atoms with E-state index in [0.29, 0.717) is 0 Å². The van der Waals surface area contributed by atoms with Crippen molar-refractivity contribution >= 4 is 34.4 Å². The first-order valence-corrected chi connectivity index (χ1v) is 7.17. The topological polar surface area (TPSA) is 51.6 Å². The highest BCUT2D eigenvalue weighted by Crippen LogP contribution is 2.28. The predicted molar refractivity (Wildman–Crippen MR) is 73.7 cm³/mol. The molecule has 0 atom stereocenters. The van der Waals surface area contributed by atoms with Gasteiger partial charge in [0.1, 0.15) is 0 Å². The molecule has 6 heteroatoms. The second kappa shape index (κ2) is 4.99. The minimum absolute atomic E-state index is 0.817. The number of hydrogen-bond donors (Lipinski definition) is 0. The molecule has 0 N–H and O–H groups in total. The van der Waals surface area contributed by atoms with Crippen LogP contribution in [0.2, 0.25) is 0 Å². The summed E-state index contributed by atoms with van der Waals surface area (Å²) < 4.78 is 8.47. The Morgan fingerprint density at radius 3 is 2.94 bits per heavy atom. The molecule has 0 spiro atoms. The summed E-state index contributed by atoms with van der Waals surface area (Å²) in [5, 5.41) is 9.28. The van der Waals surface area contributed by atoms with Gasteiger partial charge in [-0.25, -0.2) is 0 Å². The number of nitrogens with zero attached hydrogens (tertiary/aromatic N) is 4. The number of hydrogen-bond acceptors (Lipinski definition) is 6. The summed E-state index contributed by atoms with van der Waals surface area (Å²) in [7, 11) is 0. The van der Waals surface area contributed by atoms with Gasteiger partial charge in [0.05, 0.1) is 34.8 Å². The Balaban J connectivity index is 1.89. The van der Waals surface area contributed by atoms with Crippen LogP contribution in [0.15, 0.2) is 35.4 Å². The van der Waals surface area contributed by atoms with Crippen molar-refractivity contribution < 1.29 is 0 Å². The predicted octanol–water partition coefficient (Wildman–Crippen LogP) is 3.08. The van der Waals surface area contributed by atoms with Gasteiger partial charge in [-0.2, -0.15) is 18.9 Å². The summed E-state index contributed by atoms with van der Waals surface area (Å²) in [5.41, 5.74) is 2.99. The van der Waals surface area contributed by atoms with E-state index < -0.39 is 0 Å². The molecule has 3 aromatic rings. The maximum atomic E-state index is 4.28. The van der Waals surface area contributed by atoms with Crippen molar-refractivity contribution in [2.75, 3.05) is 0 Å². The molecule has 0 unspecified atom stereocenters. The molecule has 90 valence electrons. The van der Waals surface area contributed by atoms with Crippen molar-refractivity contribution in [3.8, 4) is 0 Å². The lowest BCUT2D eigenvalue weighted by atomic mass is 10.2. The molecular formula is C12H10N4S2. The fourth-order valence-corrected chi connectivity index (χ4v) is 3.28. The quantitative estimate of drug-likeness (QED) is 0.687. The van der Waals surface area contributed by atoms with Crippen molar-refractivity contribution in [1.29, 1.82) is 0 Å². The molecule has 0 bridgehead atoms. The lowest BCUT2D eigenvalue weighted by molar-refractivity contribution is 1.05. The average Bonchev–Trinajstić information content (AvgIpc) is 2.82. The molecule has 0 aliphatic carbocycles. The molecule has 0 amide bonds. The largest absolute Gasteiger partial charge is 0.178 e. The third kappa shape index (κ3) is 2.21. The summed E-state index contributed by atoms with van der Waals surface area (Å²) in [6.07, 6.45) is 1.81. The summed E-state index contributed by atoms with van der Waals surface area (Å²) in [6, 6.07) is 8.03. The minimum Gasteiger partial charge on any atom is -0.178 e. The van der Waals surface area contributed by atoms with E-state index in [1.54, 1.807) is 11.8 Å². The Kier molecular flexibility index (Phi) is 3.21.